The molecule has 0 unspecified atom stereocenters. The average Bonchev–Trinajstić information content (AvgIpc) is 3.12. The first-order valence-corrected chi connectivity index (χ1v) is 9.97. The number of rotatable bonds is 6. The predicted molar refractivity (Wildman–Crippen MR) is 110 cm³/mol. The maximum atomic E-state index is 13.7. The van der Waals surface area contributed by atoms with E-state index in [1.807, 2.05) is 15.4 Å². The molecule has 0 aliphatic carbocycles. The van der Waals surface area contributed by atoms with E-state index in [1.165, 1.54) is 12.1 Å². The Morgan fingerprint density at radius 3 is 2.83 bits per heavy atom. The van der Waals surface area contributed by atoms with Gasteiger partial charge < -0.3 is 15.1 Å². The van der Waals surface area contributed by atoms with Crippen LogP contribution in [0, 0.1) is 5.82 Å². The van der Waals surface area contributed by atoms with Gasteiger partial charge in [0.15, 0.2) is 5.65 Å². The second kappa shape index (κ2) is 8.57. The van der Waals surface area contributed by atoms with Crippen LogP contribution in [0.5, 0.6) is 0 Å². The van der Waals surface area contributed by atoms with Gasteiger partial charge in [0.1, 0.15) is 17.3 Å². The van der Waals surface area contributed by atoms with Crippen LogP contribution in [0.2, 0.25) is 0 Å². The van der Waals surface area contributed by atoms with Gasteiger partial charge in [-0.05, 0) is 18.7 Å². The molecule has 0 atom stereocenters. The minimum absolute atomic E-state index is 0.149. The first-order chi connectivity index (χ1) is 14.2. The Morgan fingerprint density at radius 2 is 2.07 bits per heavy atom. The van der Waals surface area contributed by atoms with Crippen LogP contribution >= 0.6 is 0 Å². The van der Waals surface area contributed by atoms with Crippen molar-refractivity contribution in [2.45, 2.75) is 13.3 Å². The number of imidazole rings is 1. The minimum atomic E-state index is -0.315. The van der Waals surface area contributed by atoms with Crippen molar-refractivity contribution in [2.24, 2.45) is 0 Å². The standard InChI is InChI=1S/C21H25FN6O/c1-2-26-10-12-27(13-11-26)19(29)6-7-24-21-20(16-4-3-5-17(22)14-16)25-18-15-23-8-9-28(18)21/h3-5,8-9,14-15,24H,2,6-7,10-13H2,1H3. The number of amides is 1. The van der Waals surface area contributed by atoms with Crippen LogP contribution in [0.25, 0.3) is 16.9 Å². The fourth-order valence-electron chi connectivity index (χ4n) is 3.67. The third-order valence-electron chi connectivity index (χ3n) is 5.33. The van der Waals surface area contributed by atoms with Crippen LogP contribution in [0.4, 0.5) is 10.2 Å². The van der Waals surface area contributed by atoms with Gasteiger partial charge in [0.05, 0.1) is 6.20 Å². The molecule has 4 rings (SSSR count). The van der Waals surface area contributed by atoms with E-state index < -0.39 is 0 Å². The largest absolute Gasteiger partial charge is 0.369 e. The average molecular weight is 396 g/mol. The van der Waals surface area contributed by atoms with Gasteiger partial charge in [-0.15, -0.1) is 0 Å². The summed E-state index contributed by atoms with van der Waals surface area (Å²) in [4.78, 5) is 25.6. The highest BCUT2D eigenvalue weighted by Crippen LogP contribution is 2.28. The zero-order chi connectivity index (χ0) is 20.2. The Balaban J connectivity index is 1.48. The molecule has 7 nitrogen and oxygen atoms in total. The highest BCUT2D eigenvalue weighted by molar-refractivity contribution is 5.79. The Hall–Kier alpha value is -3.00. The van der Waals surface area contributed by atoms with Crippen molar-refractivity contribution >= 4 is 17.4 Å². The van der Waals surface area contributed by atoms with E-state index in [0.29, 0.717) is 29.9 Å². The zero-order valence-electron chi connectivity index (χ0n) is 16.5. The predicted octanol–water partition coefficient (Wildman–Crippen LogP) is 2.50. The van der Waals surface area contributed by atoms with Crippen molar-refractivity contribution in [3.8, 4) is 11.3 Å². The van der Waals surface area contributed by atoms with Crippen LogP contribution in [-0.2, 0) is 4.79 Å². The molecule has 1 N–H and O–H groups in total. The maximum absolute atomic E-state index is 13.7. The van der Waals surface area contributed by atoms with Crippen LogP contribution in [-0.4, -0.2) is 69.3 Å². The molecule has 1 saturated heterocycles. The number of hydrogen-bond acceptors (Lipinski definition) is 5. The third-order valence-corrected chi connectivity index (χ3v) is 5.33. The van der Waals surface area contributed by atoms with E-state index in [4.69, 9.17) is 0 Å². The number of fused-ring (bicyclic) bond motifs is 1. The molecule has 0 spiro atoms. The molecule has 29 heavy (non-hydrogen) atoms. The summed E-state index contributed by atoms with van der Waals surface area (Å²) in [7, 11) is 0. The smallest absolute Gasteiger partial charge is 0.224 e. The van der Waals surface area contributed by atoms with Gasteiger partial charge in [0.2, 0.25) is 5.91 Å². The number of piperazine rings is 1. The Bertz CT molecular complexity index is 996. The van der Waals surface area contributed by atoms with Crippen molar-refractivity contribution in [3.05, 3.63) is 48.7 Å². The number of anilines is 1. The number of carbonyl (C=O) groups is 1. The van der Waals surface area contributed by atoms with Crippen LogP contribution < -0.4 is 5.32 Å². The lowest BCUT2D eigenvalue weighted by Crippen LogP contribution is -2.48. The number of benzene rings is 1. The van der Waals surface area contributed by atoms with Crippen molar-refractivity contribution in [2.75, 3.05) is 44.6 Å². The van der Waals surface area contributed by atoms with E-state index in [-0.39, 0.29) is 11.7 Å². The van der Waals surface area contributed by atoms with Gasteiger partial charge in [0.25, 0.3) is 0 Å². The van der Waals surface area contributed by atoms with Crippen molar-refractivity contribution < 1.29 is 9.18 Å². The Morgan fingerprint density at radius 1 is 1.24 bits per heavy atom. The van der Waals surface area contributed by atoms with Crippen LogP contribution in [0.15, 0.2) is 42.9 Å². The number of hydrogen-bond donors (Lipinski definition) is 1. The molecule has 3 heterocycles. The summed E-state index contributed by atoms with van der Waals surface area (Å²) in [6, 6.07) is 6.35. The summed E-state index contributed by atoms with van der Waals surface area (Å²) in [5.41, 5.74) is 1.98. The number of nitrogens with zero attached hydrogens (tertiary/aromatic N) is 5. The molecule has 2 aromatic heterocycles. The quantitative estimate of drug-likeness (QED) is 0.694. The molecule has 152 valence electrons. The fourth-order valence-corrected chi connectivity index (χ4v) is 3.67. The molecule has 0 saturated carbocycles. The first-order valence-electron chi connectivity index (χ1n) is 9.97. The lowest BCUT2D eigenvalue weighted by atomic mass is 10.1. The molecular weight excluding hydrogens is 371 g/mol. The summed E-state index contributed by atoms with van der Waals surface area (Å²) in [5, 5.41) is 3.34. The van der Waals surface area contributed by atoms with Crippen molar-refractivity contribution in [3.63, 3.8) is 0 Å². The van der Waals surface area contributed by atoms with E-state index in [1.54, 1.807) is 24.7 Å². The molecule has 1 aliphatic rings. The monoisotopic (exact) mass is 396 g/mol. The normalized spacial score (nSPS) is 15.0. The Labute approximate surface area is 169 Å². The number of carbonyl (C=O) groups excluding carboxylic acids is 1. The van der Waals surface area contributed by atoms with Gasteiger partial charge in [0, 0.05) is 57.1 Å². The summed E-state index contributed by atoms with van der Waals surface area (Å²) < 4.78 is 15.6. The molecule has 0 radical (unpaired) electrons. The highest BCUT2D eigenvalue weighted by atomic mass is 19.1. The van der Waals surface area contributed by atoms with Gasteiger partial charge in [-0.3, -0.25) is 14.2 Å². The molecule has 1 fully saturated rings. The molecule has 1 aromatic carbocycles. The second-order valence-electron chi connectivity index (χ2n) is 7.12. The summed E-state index contributed by atoms with van der Waals surface area (Å²) in [6.07, 6.45) is 5.53. The van der Waals surface area contributed by atoms with E-state index in [0.717, 1.165) is 38.5 Å². The lowest BCUT2D eigenvalue weighted by Gasteiger charge is -2.34. The summed E-state index contributed by atoms with van der Waals surface area (Å²) in [5.74, 6) is 0.567. The maximum Gasteiger partial charge on any atom is 0.224 e. The fraction of sp³-hybridized carbons (Fsp3) is 0.381. The van der Waals surface area contributed by atoms with Crippen molar-refractivity contribution in [1.29, 1.82) is 0 Å². The molecule has 8 heteroatoms. The summed E-state index contributed by atoms with van der Waals surface area (Å²) in [6.45, 7) is 7.06. The van der Waals surface area contributed by atoms with E-state index in [2.05, 4.69) is 27.1 Å². The zero-order valence-corrected chi connectivity index (χ0v) is 16.5. The number of nitrogens with one attached hydrogen (secondary N) is 1. The molecule has 1 aliphatic heterocycles. The SMILES string of the molecule is CCN1CCN(C(=O)CCNc2c(-c3cccc(F)c3)nc3cnccn23)CC1. The Kier molecular flexibility index (Phi) is 5.71. The van der Waals surface area contributed by atoms with Gasteiger partial charge in [-0.2, -0.15) is 0 Å². The van der Waals surface area contributed by atoms with Gasteiger partial charge in [-0.25, -0.2) is 9.37 Å². The minimum Gasteiger partial charge on any atom is -0.369 e. The topological polar surface area (TPSA) is 65.8 Å². The van der Waals surface area contributed by atoms with Crippen LogP contribution in [0.1, 0.15) is 13.3 Å². The van der Waals surface area contributed by atoms with Gasteiger partial charge >= 0.3 is 0 Å². The first kappa shape index (κ1) is 19.3. The lowest BCUT2D eigenvalue weighted by molar-refractivity contribution is -0.132. The van der Waals surface area contributed by atoms with E-state index in [9.17, 15) is 9.18 Å². The number of halogens is 1. The van der Waals surface area contributed by atoms with E-state index >= 15 is 0 Å². The number of aromatic nitrogens is 3. The molecule has 1 amide bonds. The highest BCUT2D eigenvalue weighted by Gasteiger charge is 2.20. The van der Waals surface area contributed by atoms with Crippen LogP contribution in [0.3, 0.4) is 0 Å². The van der Waals surface area contributed by atoms with Gasteiger partial charge in [-0.1, -0.05) is 19.1 Å². The molecule has 3 aromatic rings. The number of likely N-dealkylation sites (N-methyl/N-ethyl adjacent to an activating group) is 1. The second-order valence-corrected chi connectivity index (χ2v) is 7.12. The molecule has 0 bridgehead atoms. The van der Waals surface area contributed by atoms with Crippen molar-refractivity contribution in [1.82, 2.24) is 24.2 Å². The molecular formula is C21H25FN6O. The third kappa shape index (κ3) is 4.22. The summed E-state index contributed by atoms with van der Waals surface area (Å²) >= 11 is 0.